The van der Waals surface area contributed by atoms with Crippen molar-refractivity contribution in [3.63, 3.8) is 0 Å². The van der Waals surface area contributed by atoms with E-state index < -0.39 is 0 Å². The van der Waals surface area contributed by atoms with Crippen LogP contribution in [-0.2, 0) is 4.74 Å². The quantitative estimate of drug-likeness (QED) is 0.663. The lowest BCUT2D eigenvalue weighted by Crippen LogP contribution is -2.33. The zero-order chi connectivity index (χ0) is 10.9. The third kappa shape index (κ3) is 3.18. The van der Waals surface area contributed by atoms with E-state index in [1.165, 1.54) is 38.8 Å². The molecule has 0 radical (unpaired) electrons. The molecule has 88 valence electrons. The molecule has 0 unspecified atom stereocenters. The second-order valence-corrected chi connectivity index (χ2v) is 6.14. The lowest BCUT2D eigenvalue weighted by Gasteiger charge is -2.27. The zero-order valence-corrected chi connectivity index (χ0v) is 10.5. The molecule has 2 nitrogen and oxygen atoms in total. The highest BCUT2D eigenvalue weighted by Crippen LogP contribution is 2.37. The Bertz CT molecular complexity index is 209. The van der Waals surface area contributed by atoms with Crippen molar-refractivity contribution in [3.8, 4) is 0 Å². The molecule has 0 aromatic carbocycles. The first-order chi connectivity index (χ1) is 7.04. The van der Waals surface area contributed by atoms with Gasteiger partial charge in [0.05, 0.1) is 5.60 Å². The number of hydrogen-bond acceptors (Lipinski definition) is 2. The van der Waals surface area contributed by atoms with E-state index in [1.54, 1.807) is 0 Å². The van der Waals surface area contributed by atoms with E-state index in [4.69, 9.17) is 4.74 Å². The van der Waals surface area contributed by atoms with Crippen molar-refractivity contribution in [2.75, 3.05) is 19.7 Å². The third-order valence-corrected chi connectivity index (χ3v) is 3.65. The molecule has 2 aliphatic rings. The van der Waals surface area contributed by atoms with Gasteiger partial charge in [-0.15, -0.1) is 0 Å². The first-order valence-electron chi connectivity index (χ1n) is 6.42. The van der Waals surface area contributed by atoms with E-state index in [0.29, 0.717) is 0 Å². The van der Waals surface area contributed by atoms with Gasteiger partial charge in [-0.2, -0.15) is 0 Å². The lowest BCUT2D eigenvalue weighted by atomic mass is 10.1. The predicted molar refractivity (Wildman–Crippen MR) is 63.0 cm³/mol. The average Bonchev–Trinajstić information content (AvgIpc) is 2.71. The number of fused-ring (bicyclic) bond motifs is 2. The van der Waals surface area contributed by atoms with Gasteiger partial charge in [-0.1, -0.05) is 0 Å². The van der Waals surface area contributed by atoms with Crippen LogP contribution in [-0.4, -0.2) is 36.2 Å². The van der Waals surface area contributed by atoms with Gasteiger partial charge in [0.2, 0.25) is 0 Å². The van der Waals surface area contributed by atoms with Crippen LogP contribution in [0.4, 0.5) is 0 Å². The summed E-state index contributed by atoms with van der Waals surface area (Å²) in [6.07, 6.45) is 5.60. The Kier molecular flexibility index (Phi) is 3.36. The predicted octanol–water partition coefficient (Wildman–Crippen LogP) is 2.68. The van der Waals surface area contributed by atoms with Gasteiger partial charge in [-0.05, 0) is 52.4 Å². The molecule has 2 fully saturated rings. The Morgan fingerprint density at radius 1 is 1.27 bits per heavy atom. The van der Waals surface area contributed by atoms with Crippen LogP contribution < -0.4 is 0 Å². The highest BCUT2D eigenvalue weighted by molar-refractivity contribution is 4.91. The van der Waals surface area contributed by atoms with E-state index in [9.17, 15) is 0 Å². The molecule has 2 heteroatoms. The fraction of sp³-hybridized carbons (Fsp3) is 1.00. The summed E-state index contributed by atoms with van der Waals surface area (Å²) >= 11 is 0. The Labute approximate surface area is 94.0 Å². The van der Waals surface area contributed by atoms with Gasteiger partial charge in [0.25, 0.3) is 0 Å². The van der Waals surface area contributed by atoms with Gasteiger partial charge in [0, 0.05) is 25.7 Å². The summed E-state index contributed by atoms with van der Waals surface area (Å²) in [5, 5.41) is 0. The summed E-state index contributed by atoms with van der Waals surface area (Å²) in [7, 11) is 0. The SMILES string of the molecule is CC(C)(C)OCCCN1C[C@H]2CC[C@@H]1C2. The topological polar surface area (TPSA) is 12.5 Å². The molecule has 2 atom stereocenters. The largest absolute Gasteiger partial charge is 0.376 e. The summed E-state index contributed by atoms with van der Waals surface area (Å²) < 4.78 is 5.74. The van der Waals surface area contributed by atoms with Crippen molar-refractivity contribution in [1.29, 1.82) is 0 Å². The van der Waals surface area contributed by atoms with Gasteiger partial charge in [-0.3, -0.25) is 0 Å². The maximum absolute atomic E-state index is 5.74. The van der Waals surface area contributed by atoms with Crippen LogP contribution in [0.25, 0.3) is 0 Å². The average molecular weight is 211 g/mol. The van der Waals surface area contributed by atoms with Crippen molar-refractivity contribution in [3.05, 3.63) is 0 Å². The minimum absolute atomic E-state index is 0.0318. The Hall–Kier alpha value is -0.0800. The van der Waals surface area contributed by atoms with Crippen LogP contribution in [0.15, 0.2) is 0 Å². The molecule has 15 heavy (non-hydrogen) atoms. The van der Waals surface area contributed by atoms with Crippen molar-refractivity contribution in [2.24, 2.45) is 5.92 Å². The molecule has 2 rings (SSSR count). The van der Waals surface area contributed by atoms with Gasteiger partial charge >= 0.3 is 0 Å². The fourth-order valence-electron chi connectivity index (χ4n) is 2.95. The van der Waals surface area contributed by atoms with E-state index in [0.717, 1.165) is 18.6 Å². The Morgan fingerprint density at radius 2 is 2.07 bits per heavy atom. The Morgan fingerprint density at radius 3 is 2.60 bits per heavy atom. The smallest absolute Gasteiger partial charge is 0.0598 e. The van der Waals surface area contributed by atoms with Crippen molar-refractivity contribution >= 4 is 0 Å². The summed E-state index contributed by atoms with van der Waals surface area (Å²) in [6, 6.07) is 0.921. The Balaban J connectivity index is 1.59. The van der Waals surface area contributed by atoms with Gasteiger partial charge in [0.15, 0.2) is 0 Å². The zero-order valence-electron chi connectivity index (χ0n) is 10.5. The number of likely N-dealkylation sites (tertiary alicyclic amines) is 1. The van der Waals surface area contributed by atoms with E-state index in [2.05, 4.69) is 25.7 Å². The molecule has 0 aromatic heterocycles. The van der Waals surface area contributed by atoms with Crippen molar-refractivity contribution < 1.29 is 4.74 Å². The lowest BCUT2D eigenvalue weighted by molar-refractivity contribution is -0.00775. The summed E-state index contributed by atoms with van der Waals surface area (Å²) in [5.74, 6) is 1.03. The third-order valence-electron chi connectivity index (χ3n) is 3.65. The number of piperidine rings is 1. The van der Waals surface area contributed by atoms with Gasteiger partial charge in [-0.25, -0.2) is 0 Å². The van der Waals surface area contributed by atoms with Gasteiger partial charge in [0.1, 0.15) is 0 Å². The number of nitrogens with zero attached hydrogens (tertiary/aromatic N) is 1. The van der Waals surface area contributed by atoms with E-state index in [1.807, 2.05) is 0 Å². The molecule has 2 bridgehead atoms. The van der Waals surface area contributed by atoms with E-state index in [-0.39, 0.29) is 5.60 Å². The molecule has 1 saturated heterocycles. The van der Waals surface area contributed by atoms with Gasteiger partial charge < -0.3 is 9.64 Å². The van der Waals surface area contributed by atoms with Crippen LogP contribution in [0.5, 0.6) is 0 Å². The minimum Gasteiger partial charge on any atom is -0.376 e. The first kappa shape index (κ1) is 11.4. The van der Waals surface area contributed by atoms with Crippen LogP contribution in [0, 0.1) is 5.92 Å². The molecule has 1 heterocycles. The van der Waals surface area contributed by atoms with E-state index >= 15 is 0 Å². The maximum atomic E-state index is 5.74. The summed E-state index contributed by atoms with van der Waals surface area (Å²) in [5.41, 5.74) is 0.0318. The molecule has 0 N–H and O–H groups in total. The molecular formula is C13H25NO. The van der Waals surface area contributed by atoms with Crippen LogP contribution in [0.3, 0.4) is 0 Å². The number of ether oxygens (including phenoxy) is 1. The summed E-state index contributed by atoms with van der Waals surface area (Å²) in [6.45, 7) is 9.91. The fourth-order valence-corrected chi connectivity index (χ4v) is 2.95. The monoisotopic (exact) mass is 211 g/mol. The molecule has 1 saturated carbocycles. The molecule has 1 aliphatic heterocycles. The molecular weight excluding hydrogens is 186 g/mol. The molecule has 0 amide bonds. The second kappa shape index (κ2) is 4.42. The van der Waals surface area contributed by atoms with Crippen LogP contribution in [0.1, 0.15) is 46.5 Å². The van der Waals surface area contributed by atoms with Crippen LogP contribution in [0.2, 0.25) is 0 Å². The second-order valence-electron chi connectivity index (χ2n) is 6.14. The molecule has 1 aliphatic carbocycles. The highest BCUT2D eigenvalue weighted by Gasteiger charge is 2.36. The van der Waals surface area contributed by atoms with Crippen molar-refractivity contribution in [2.45, 2.75) is 58.1 Å². The number of hydrogen-bond donors (Lipinski definition) is 0. The normalized spacial score (nSPS) is 31.4. The maximum Gasteiger partial charge on any atom is 0.0598 e. The van der Waals surface area contributed by atoms with Crippen molar-refractivity contribution in [1.82, 2.24) is 4.90 Å². The minimum atomic E-state index is 0.0318. The summed E-state index contributed by atoms with van der Waals surface area (Å²) in [4.78, 5) is 2.68. The highest BCUT2D eigenvalue weighted by atomic mass is 16.5. The molecule has 0 spiro atoms. The standard InChI is InChI=1S/C13H25NO/c1-13(2,3)15-8-4-7-14-10-11-5-6-12(14)9-11/h11-12H,4-10H2,1-3H3/t11-,12+/m0/s1. The first-order valence-corrected chi connectivity index (χ1v) is 6.42. The van der Waals surface area contributed by atoms with Crippen LogP contribution >= 0.6 is 0 Å². The molecule has 0 aromatic rings. The number of rotatable bonds is 4.